The highest BCUT2D eigenvalue weighted by Gasteiger charge is 2.26. The van der Waals surface area contributed by atoms with Crippen LogP contribution in [0.3, 0.4) is 0 Å². The third-order valence-electron chi connectivity index (χ3n) is 7.12. The molecule has 4 N–H and O–H groups in total. The van der Waals surface area contributed by atoms with Crippen LogP contribution in [-0.2, 0) is 20.8 Å². The molecule has 4 amide bonds. The lowest BCUT2D eigenvalue weighted by Crippen LogP contribution is -2.49. The maximum Gasteiger partial charge on any atom is 0.255 e. The minimum Gasteiger partial charge on any atom is -0.493 e. The standard InChI is InChI=1S/C33H46N4O7/c1-5-43-28-15-13-23(21-29(28)42-4)10-8-17-34-32(40)25-14-16-30(38)36-26(20-22(2)3)33(41)35-18-9-19-44-27-12-7-6-11-24(27)31(39)37-25/h6-7,11-13,15,21-22,25-26H,5,8-10,14,16-20H2,1-4H3,(H,34,40)(H,35,41)(H,36,38)(H,37,39)/t25-,26+/m0/s1. The van der Waals surface area contributed by atoms with E-state index in [1.165, 1.54) is 0 Å². The highest BCUT2D eigenvalue weighted by Crippen LogP contribution is 2.28. The summed E-state index contributed by atoms with van der Waals surface area (Å²) >= 11 is 0. The summed E-state index contributed by atoms with van der Waals surface area (Å²) in [6, 6.07) is 10.9. The topological polar surface area (TPSA) is 144 Å². The molecule has 1 aliphatic heterocycles. The Labute approximate surface area is 259 Å². The van der Waals surface area contributed by atoms with E-state index in [1.54, 1.807) is 31.4 Å². The van der Waals surface area contributed by atoms with Crippen LogP contribution < -0.4 is 35.5 Å². The van der Waals surface area contributed by atoms with Gasteiger partial charge in [0.25, 0.3) is 5.91 Å². The Kier molecular flexibility index (Phi) is 13.8. The van der Waals surface area contributed by atoms with Crippen molar-refractivity contribution in [2.24, 2.45) is 5.92 Å². The molecular weight excluding hydrogens is 564 g/mol. The quantitative estimate of drug-likeness (QED) is 0.303. The highest BCUT2D eigenvalue weighted by molar-refractivity contribution is 5.99. The normalized spacial score (nSPS) is 18.2. The summed E-state index contributed by atoms with van der Waals surface area (Å²) in [6.07, 6.45) is 2.32. The van der Waals surface area contributed by atoms with Gasteiger partial charge in [0.1, 0.15) is 17.8 Å². The van der Waals surface area contributed by atoms with E-state index in [4.69, 9.17) is 14.2 Å². The number of aryl methyl sites for hydroxylation is 1. The van der Waals surface area contributed by atoms with Crippen molar-refractivity contribution in [3.8, 4) is 17.2 Å². The Morgan fingerprint density at radius 1 is 1.09 bits per heavy atom. The van der Waals surface area contributed by atoms with Crippen LogP contribution in [-0.4, -0.2) is 69.1 Å². The number of carbonyl (C=O) groups is 4. The molecule has 0 aliphatic carbocycles. The monoisotopic (exact) mass is 610 g/mol. The first-order valence-electron chi connectivity index (χ1n) is 15.4. The van der Waals surface area contributed by atoms with Crippen molar-refractivity contribution in [1.82, 2.24) is 21.3 Å². The zero-order chi connectivity index (χ0) is 31.9. The van der Waals surface area contributed by atoms with Gasteiger partial charge in [-0.05, 0) is 74.8 Å². The number of rotatable bonds is 10. The number of methoxy groups -OCH3 is 1. The van der Waals surface area contributed by atoms with E-state index in [-0.39, 0.29) is 42.7 Å². The lowest BCUT2D eigenvalue weighted by Gasteiger charge is -2.22. The van der Waals surface area contributed by atoms with Crippen molar-refractivity contribution in [2.45, 2.75) is 71.4 Å². The predicted molar refractivity (Wildman–Crippen MR) is 167 cm³/mol. The van der Waals surface area contributed by atoms with Crippen LogP contribution in [0.2, 0.25) is 0 Å². The number of amides is 4. The third kappa shape index (κ3) is 10.8. The van der Waals surface area contributed by atoms with Crippen molar-refractivity contribution in [3.63, 3.8) is 0 Å². The highest BCUT2D eigenvalue weighted by atomic mass is 16.5. The molecule has 0 saturated carbocycles. The maximum atomic E-state index is 13.3. The Hall–Kier alpha value is -4.28. The predicted octanol–water partition coefficient (Wildman–Crippen LogP) is 3.15. The van der Waals surface area contributed by atoms with E-state index in [0.29, 0.717) is 62.6 Å². The zero-order valence-corrected chi connectivity index (χ0v) is 26.2. The molecule has 0 unspecified atom stereocenters. The molecule has 11 heteroatoms. The van der Waals surface area contributed by atoms with Gasteiger partial charge in [-0.2, -0.15) is 0 Å². The molecule has 0 radical (unpaired) electrons. The van der Waals surface area contributed by atoms with E-state index in [2.05, 4.69) is 21.3 Å². The summed E-state index contributed by atoms with van der Waals surface area (Å²) in [5.41, 5.74) is 1.32. The SMILES string of the molecule is CCOc1ccc(CCCNC(=O)[C@@H]2CCC(=O)N[C@H](CC(C)C)C(=O)NCCCOc3ccccc3C(=O)N2)cc1OC. The fourth-order valence-electron chi connectivity index (χ4n) is 4.89. The van der Waals surface area contributed by atoms with Gasteiger partial charge in [0.2, 0.25) is 17.7 Å². The lowest BCUT2D eigenvalue weighted by molar-refractivity contribution is -0.129. The smallest absolute Gasteiger partial charge is 0.255 e. The first-order chi connectivity index (χ1) is 21.2. The van der Waals surface area contributed by atoms with Crippen molar-refractivity contribution in [1.29, 1.82) is 0 Å². The van der Waals surface area contributed by atoms with Crippen molar-refractivity contribution >= 4 is 23.6 Å². The fraction of sp³-hybridized carbons (Fsp3) is 0.515. The lowest BCUT2D eigenvalue weighted by atomic mass is 10.0. The van der Waals surface area contributed by atoms with E-state index in [9.17, 15) is 19.2 Å². The molecule has 0 spiro atoms. The zero-order valence-electron chi connectivity index (χ0n) is 26.2. The van der Waals surface area contributed by atoms with Gasteiger partial charge in [0, 0.05) is 19.5 Å². The van der Waals surface area contributed by atoms with Crippen molar-refractivity contribution < 1.29 is 33.4 Å². The molecular formula is C33H46N4O7. The molecule has 0 fully saturated rings. The van der Waals surface area contributed by atoms with Crippen LogP contribution in [0.25, 0.3) is 0 Å². The van der Waals surface area contributed by atoms with Gasteiger partial charge in [0.05, 0.1) is 25.9 Å². The number of carbonyl (C=O) groups excluding carboxylic acids is 4. The number of fused-ring (bicyclic) bond motifs is 1. The summed E-state index contributed by atoms with van der Waals surface area (Å²) in [5, 5.41) is 11.4. The minimum atomic E-state index is -0.975. The van der Waals surface area contributed by atoms with Crippen LogP contribution in [0.5, 0.6) is 17.2 Å². The average molecular weight is 611 g/mol. The molecule has 240 valence electrons. The van der Waals surface area contributed by atoms with E-state index in [1.807, 2.05) is 39.0 Å². The van der Waals surface area contributed by atoms with E-state index < -0.39 is 23.9 Å². The molecule has 0 bridgehead atoms. The number of para-hydroxylation sites is 1. The average Bonchev–Trinajstić information content (AvgIpc) is 3.00. The summed E-state index contributed by atoms with van der Waals surface area (Å²) in [7, 11) is 1.59. The second-order valence-corrected chi connectivity index (χ2v) is 11.1. The van der Waals surface area contributed by atoms with Crippen LogP contribution in [0.1, 0.15) is 68.8 Å². The van der Waals surface area contributed by atoms with Crippen LogP contribution >= 0.6 is 0 Å². The Morgan fingerprint density at radius 3 is 2.64 bits per heavy atom. The van der Waals surface area contributed by atoms with Gasteiger partial charge in [-0.15, -0.1) is 0 Å². The molecule has 11 nitrogen and oxygen atoms in total. The van der Waals surface area contributed by atoms with Gasteiger partial charge in [-0.3, -0.25) is 19.2 Å². The van der Waals surface area contributed by atoms with E-state index >= 15 is 0 Å². The first-order valence-corrected chi connectivity index (χ1v) is 15.4. The fourth-order valence-corrected chi connectivity index (χ4v) is 4.89. The molecule has 1 heterocycles. The van der Waals surface area contributed by atoms with Gasteiger partial charge in [-0.25, -0.2) is 0 Å². The summed E-state index contributed by atoms with van der Waals surface area (Å²) in [5.74, 6) is 0.395. The number of nitrogens with one attached hydrogen (secondary N) is 4. The second-order valence-electron chi connectivity index (χ2n) is 11.1. The van der Waals surface area contributed by atoms with Crippen LogP contribution in [0, 0.1) is 5.92 Å². The Bertz CT molecular complexity index is 1270. The van der Waals surface area contributed by atoms with Crippen LogP contribution in [0.4, 0.5) is 0 Å². The van der Waals surface area contributed by atoms with Gasteiger partial charge >= 0.3 is 0 Å². The Balaban J connectivity index is 1.70. The molecule has 1 aliphatic rings. The summed E-state index contributed by atoms with van der Waals surface area (Å²) in [4.78, 5) is 52.4. The minimum absolute atomic E-state index is 0.0512. The number of hydrogen-bond donors (Lipinski definition) is 4. The molecule has 0 saturated heterocycles. The van der Waals surface area contributed by atoms with Gasteiger partial charge in [0.15, 0.2) is 11.5 Å². The Morgan fingerprint density at radius 2 is 1.89 bits per heavy atom. The number of benzene rings is 2. The van der Waals surface area contributed by atoms with Crippen molar-refractivity contribution in [2.75, 3.05) is 33.4 Å². The molecule has 0 aromatic heterocycles. The molecule has 2 aromatic rings. The van der Waals surface area contributed by atoms with Gasteiger partial charge in [-0.1, -0.05) is 32.0 Å². The largest absolute Gasteiger partial charge is 0.493 e. The number of ether oxygens (including phenoxy) is 3. The summed E-state index contributed by atoms with van der Waals surface area (Å²) < 4.78 is 16.9. The number of hydrogen-bond acceptors (Lipinski definition) is 7. The van der Waals surface area contributed by atoms with E-state index in [0.717, 1.165) is 5.56 Å². The maximum absolute atomic E-state index is 13.3. The van der Waals surface area contributed by atoms with Crippen molar-refractivity contribution in [3.05, 3.63) is 53.6 Å². The second kappa shape index (κ2) is 17.7. The molecule has 3 rings (SSSR count). The molecule has 2 aromatic carbocycles. The third-order valence-corrected chi connectivity index (χ3v) is 7.12. The van der Waals surface area contributed by atoms with Crippen LogP contribution in [0.15, 0.2) is 42.5 Å². The van der Waals surface area contributed by atoms with Gasteiger partial charge < -0.3 is 35.5 Å². The molecule has 2 atom stereocenters. The first kappa shape index (κ1) is 34.2. The molecule has 44 heavy (non-hydrogen) atoms. The summed E-state index contributed by atoms with van der Waals surface area (Å²) in [6.45, 7) is 7.41.